The zero-order valence-electron chi connectivity index (χ0n) is 20.9. The van der Waals surface area contributed by atoms with Crippen LogP contribution in [0.15, 0.2) is 48.7 Å². The molecule has 188 valence electrons. The number of pyridine rings is 1. The highest BCUT2D eigenvalue weighted by Crippen LogP contribution is 2.33. The molecule has 0 aliphatic carbocycles. The molecule has 0 bridgehead atoms. The number of nitrogens with zero attached hydrogens (tertiary/aromatic N) is 4. The molecule has 0 saturated carbocycles. The highest BCUT2D eigenvalue weighted by atomic mass is 19.3. The number of benzene rings is 1. The van der Waals surface area contributed by atoms with Crippen LogP contribution in [0.3, 0.4) is 0 Å². The second-order valence-electron chi connectivity index (χ2n) is 8.16. The fraction of sp³-hybridized carbons (Fsp3) is 0.423. The van der Waals surface area contributed by atoms with E-state index >= 15 is 0 Å². The number of hydrogen-bond acceptors (Lipinski definition) is 5. The Morgan fingerprint density at radius 1 is 1.29 bits per heavy atom. The number of aromatic nitrogens is 1. The number of halogens is 2. The molecule has 0 radical (unpaired) electrons. The summed E-state index contributed by atoms with van der Waals surface area (Å²) >= 11 is 0. The number of nitrogens with one attached hydrogen (secondary N) is 1. The Labute approximate surface area is 206 Å². The van der Waals surface area contributed by atoms with Crippen LogP contribution in [0.4, 0.5) is 25.0 Å². The lowest BCUT2D eigenvalue weighted by atomic mass is 9.97. The normalized spacial score (nSPS) is 12.9. The number of allylic oxidation sites excluding steroid dienone is 1. The molecule has 1 N–H and O–H groups in total. The van der Waals surface area contributed by atoms with Crippen molar-refractivity contribution >= 4 is 17.4 Å². The number of para-hydroxylation sites is 1. The maximum absolute atomic E-state index is 13.5. The van der Waals surface area contributed by atoms with Gasteiger partial charge in [0.15, 0.2) is 0 Å². The average molecular weight is 486 g/mol. The molecule has 0 atom stereocenters. The van der Waals surface area contributed by atoms with Crippen LogP contribution >= 0.6 is 0 Å². The topological polar surface area (TPSA) is 81.5 Å². The molecule has 1 saturated heterocycles. The minimum atomic E-state index is -3.07. The van der Waals surface area contributed by atoms with Gasteiger partial charge < -0.3 is 15.0 Å². The molecule has 0 spiro atoms. The number of carbonyl (C=O) groups excluding carboxylic acids is 1. The van der Waals surface area contributed by atoms with Gasteiger partial charge in [-0.2, -0.15) is 14.0 Å². The van der Waals surface area contributed by atoms with Crippen molar-refractivity contribution in [3.8, 4) is 11.9 Å². The number of alkyl halides is 2. The molecule has 1 aromatic heterocycles. The third-order valence-electron chi connectivity index (χ3n) is 5.44. The first kappa shape index (κ1) is 27.6. The maximum atomic E-state index is 13.5. The smallest absolute Gasteiger partial charge is 0.388 e. The van der Waals surface area contributed by atoms with Crippen LogP contribution in [-0.2, 0) is 0 Å². The van der Waals surface area contributed by atoms with Gasteiger partial charge in [0, 0.05) is 30.2 Å². The van der Waals surface area contributed by atoms with Crippen molar-refractivity contribution in [1.82, 2.24) is 9.88 Å². The summed E-state index contributed by atoms with van der Waals surface area (Å²) in [4.78, 5) is 21.1. The minimum Gasteiger partial charge on any atom is -0.415 e. The van der Waals surface area contributed by atoms with E-state index in [4.69, 9.17) is 5.26 Å². The quantitative estimate of drug-likeness (QED) is 0.475. The molecule has 1 aliphatic heterocycles. The lowest BCUT2D eigenvalue weighted by Gasteiger charge is -2.47. The van der Waals surface area contributed by atoms with Gasteiger partial charge in [-0.05, 0) is 36.6 Å². The van der Waals surface area contributed by atoms with Crippen molar-refractivity contribution in [3.05, 3.63) is 59.9 Å². The fourth-order valence-electron chi connectivity index (χ4n) is 3.72. The number of amides is 2. The summed E-state index contributed by atoms with van der Waals surface area (Å²) in [6.45, 7) is 11.6. The maximum Gasteiger partial charge on any atom is 0.388 e. The first-order chi connectivity index (χ1) is 16.7. The van der Waals surface area contributed by atoms with Crippen LogP contribution in [0, 0.1) is 18.3 Å². The Balaban J connectivity index is 0.00000210. The number of aryl methyl sites for hydroxylation is 1. The van der Waals surface area contributed by atoms with Gasteiger partial charge in [-0.15, -0.1) is 0 Å². The highest BCUT2D eigenvalue weighted by Gasteiger charge is 2.37. The van der Waals surface area contributed by atoms with Crippen molar-refractivity contribution < 1.29 is 18.3 Å². The van der Waals surface area contributed by atoms with E-state index in [0.29, 0.717) is 24.5 Å². The molecule has 1 aromatic carbocycles. The number of anilines is 2. The Kier molecular flexibility index (Phi) is 10.0. The molecule has 2 amide bonds. The lowest BCUT2D eigenvalue weighted by molar-refractivity contribution is -0.0523. The molecule has 7 nitrogen and oxygen atoms in total. The Bertz CT molecular complexity index is 1060. The summed E-state index contributed by atoms with van der Waals surface area (Å²) in [7, 11) is 0. The highest BCUT2D eigenvalue weighted by molar-refractivity contribution is 6.03. The number of rotatable bonds is 8. The Hall–Kier alpha value is -3.67. The van der Waals surface area contributed by atoms with Gasteiger partial charge in [0.1, 0.15) is 5.69 Å². The number of nitriles is 1. The van der Waals surface area contributed by atoms with Crippen LogP contribution in [0.1, 0.15) is 51.3 Å². The summed E-state index contributed by atoms with van der Waals surface area (Å²) < 4.78 is 30.3. The van der Waals surface area contributed by atoms with E-state index in [0.717, 1.165) is 11.3 Å². The number of hydrogen-bond donors (Lipinski definition) is 1. The van der Waals surface area contributed by atoms with Crippen LogP contribution in [0.25, 0.3) is 0 Å². The molecule has 1 fully saturated rings. The predicted molar refractivity (Wildman–Crippen MR) is 134 cm³/mol. The van der Waals surface area contributed by atoms with Gasteiger partial charge in [-0.1, -0.05) is 52.5 Å². The molecule has 2 aromatic rings. The van der Waals surface area contributed by atoms with Gasteiger partial charge in [0.05, 0.1) is 18.5 Å². The van der Waals surface area contributed by atoms with Crippen molar-refractivity contribution in [2.24, 2.45) is 0 Å². The summed E-state index contributed by atoms with van der Waals surface area (Å²) in [6.07, 6.45) is 0.213. The first-order valence-electron chi connectivity index (χ1n) is 11.6. The van der Waals surface area contributed by atoms with Crippen LogP contribution < -0.4 is 15.0 Å². The van der Waals surface area contributed by atoms with E-state index in [1.54, 1.807) is 17.9 Å². The summed E-state index contributed by atoms with van der Waals surface area (Å²) in [5, 5.41) is 11.6. The number of likely N-dealkylation sites (tertiary alicyclic amines) is 1. The van der Waals surface area contributed by atoms with Gasteiger partial charge >= 0.3 is 12.6 Å². The van der Waals surface area contributed by atoms with E-state index in [9.17, 15) is 13.6 Å². The van der Waals surface area contributed by atoms with E-state index < -0.39 is 12.6 Å². The largest absolute Gasteiger partial charge is 0.415 e. The molecule has 35 heavy (non-hydrogen) atoms. The Morgan fingerprint density at radius 3 is 2.54 bits per heavy atom. The van der Waals surface area contributed by atoms with Gasteiger partial charge in [0.2, 0.25) is 5.88 Å². The van der Waals surface area contributed by atoms with Crippen molar-refractivity contribution in [1.29, 1.82) is 5.26 Å². The lowest BCUT2D eigenvalue weighted by Crippen LogP contribution is -2.61. The van der Waals surface area contributed by atoms with Crippen molar-refractivity contribution in [3.63, 3.8) is 0 Å². The number of ether oxygens (including phenoxy) is 1. The number of carbonyl (C=O) groups is 1. The van der Waals surface area contributed by atoms with E-state index in [2.05, 4.69) is 27.7 Å². The summed E-state index contributed by atoms with van der Waals surface area (Å²) in [5.74, 6) is -0.187. The van der Waals surface area contributed by atoms with Crippen molar-refractivity contribution in [2.75, 3.05) is 23.3 Å². The molecular weight excluding hydrogens is 452 g/mol. The molecule has 0 unspecified atom stereocenters. The zero-order valence-corrected chi connectivity index (χ0v) is 20.9. The average Bonchev–Trinajstić information content (AvgIpc) is 2.78. The van der Waals surface area contributed by atoms with Gasteiger partial charge in [0.25, 0.3) is 0 Å². The summed E-state index contributed by atoms with van der Waals surface area (Å²) in [6, 6.07) is 12.1. The van der Waals surface area contributed by atoms with E-state index in [-0.39, 0.29) is 29.9 Å². The molecular formula is C26H33F2N5O2. The second kappa shape index (κ2) is 12.7. The zero-order chi connectivity index (χ0) is 26.1. The number of urea groups is 1. The molecule has 9 heteroatoms. The van der Waals surface area contributed by atoms with Gasteiger partial charge in [-0.25, -0.2) is 9.78 Å². The molecule has 1 aliphatic rings. The van der Waals surface area contributed by atoms with Crippen molar-refractivity contribution in [2.45, 2.75) is 59.6 Å². The van der Waals surface area contributed by atoms with Crippen LogP contribution in [-0.4, -0.2) is 41.7 Å². The molecule has 2 heterocycles. The predicted octanol–water partition coefficient (Wildman–Crippen LogP) is 6.29. The minimum absolute atomic E-state index is 0.0583. The SMILES string of the molecule is C=C(CC#N)N1CC(N(C(=O)Nc2ccc(C)nc2OC(F)F)c2ccccc2C(C)C)C1.CC. The summed E-state index contributed by atoms with van der Waals surface area (Å²) in [5.41, 5.74) is 2.95. The third-order valence-corrected chi connectivity index (χ3v) is 5.44. The second-order valence-corrected chi connectivity index (χ2v) is 8.16. The fourth-order valence-corrected chi connectivity index (χ4v) is 3.72. The van der Waals surface area contributed by atoms with Gasteiger partial charge in [-0.3, -0.25) is 4.90 Å². The van der Waals surface area contributed by atoms with E-state index in [1.165, 1.54) is 6.07 Å². The molecule has 3 rings (SSSR count). The van der Waals surface area contributed by atoms with Crippen LogP contribution in [0.2, 0.25) is 0 Å². The monoisotopic (exact) mass is 485 g/mol. The Morgan fingerprint density at radius 2 is 1.94 bits per heavy atom. The standard InChI is InChI=1S/C24H27F2N5O2.C2H6/c1-15(2)19-7-5-6-8-21(19)31(18-13-30(14-18)17(4)11-12-27)24(32)29-20-10-9-16(3)28-22(20)33-23(25)26;1-2/h5-10,15,18,23H,4,11,13-14H2,1-3H3,(H,29,32);1-2H3. The first-order valence-corrected chi connectivity index (χ1v) is 11.6. The van der Waals surface area contributed by atoms with E-state index in [1.807, 2.05) is 56.9 Å². The third kappa shape index (κ3) is 6.92. The van der Waals surface area contributed by atoms with Crippen LogP contribution in [0.5, 0.6) is 5.88 Å².